The van der Waals surface area contributed by atoms with E-state index in [0.717, 1.165) is 25.9 Å². The number of alkyl halides is 2. The van der Waals surface area contributed by atoms with Gasteiger partial charge in [-0.05, 0) is 69.7 Å². The molecule has 1 saturated heterocycles. The molecule has 1 aromatic carbocycles. The zero-order chi connectivity index (χ0) is 28.0. The molecule has 1 aliphatic carbocycles. The van der Waals surface area contributed by atoms with Crippen LogP contribution in [0.25, 0.3) is 0 Å². The van der Waals surface area contributed by atoms with Gasteiger partial charge in [0.15, 0.2) is 6.17 Å². The molecule has 1 unspecified atom stereocenters. The molecule has 0 bridgehead atoms. The number of anilines is 1. The lowest BCUT2D eigenvalue weighted by atomic mass is 9.88. The van der Waals surface area contributed by atoms with Gasteiger partial charge in [0.05, 0.1) is 11.4 Å². The normalized spacial score (nSPS) is 23.3. The Kier molecular flexibility index (Phi) is 9.46. The van der Waals surface area contributed by atoms with E-state index in [4.69, 9.17) is 10.1 Å². The van der Waals surface area contributed by atoms with Crippen molar-refractivity contribution in [2.24, 2.45) is 11.8 Å². The van der Waals surface area contributed by atoms with E-state index in [1.807, 2.05) is 19.1 Å². The Labute approximate surface area is 229 Å². The summed E-state index contributed by atoms with van der Waals surface area (Å²) in [7, 11) is -3.73. The lowest BCUT2D eigenvalue weighted by Crippen LogP contribution is -2.49. The number of piperidine rings is 1. The van der Waals surface area contributed by atoms with Gasteiger partial charge >= 0.3 is 0 Å². The fraction of sp³-hybridized carbons (Fsp3) is 0.630. The number of hydrogen-bond acceptors (Lipinski definition) is 7. The molecule has 0 aromatic heterocycles. The summed E-state index contributed by atoms with van der Waals surface area (Å²) in [6.07, 6.45) is 2.46. The molecule has 1 aromatic rings. The minimum atomic E-state index is -3.73. The molecule has 2 N–H and O–H groups in total. The second-order valence-electron chi connectivity index (χ2n) is 10.9. The second-order valence-corrected chi connectivity index (χ2v) is 12.8. The Morgan fingerprint density at radius 3 is 2.51 bits per heavy atom. The maximum atomic E-state index is 13.6. The molecule has 0 radical (unpaired) electrons. The number of carbonyl (C=O) groups excluding carboxylic acids is 1. The van der Waals surface area contributed by atoms with Gasteiger partial charge in [0.25, 0.3) is 0 Å². The van der Waals surface area contributed by atoms with Gasteiger partial charge in [0, 0.05) is 31.8 Å². The predicted octanol–water partition coefficient (Wildman–Crippen LogP) is 3.52. The molecule has 0 spiro atoms. The summed E-state index contributed by atoms with van der Waals surface area (Å²) in [5, 5.41) is 11.8. The van der Waals surface area contributed by atoms with Crippen LogP contribution in [0.15, 0.2) is 42.2 Å². The summed E-state index contributed by atoms with van der Waals surface area (Å²) >= 11 is 0. The summed E-state index contributed by atoms with van der Waals surface area (Å²) in [5.41, 5.74) is 3.47. The van der Waals surface area contributed by atoms with Crippen LogP contribution >= 0.6 is 0 Å². The van der Waals surface area contributed by atoms with Crippen molar-refractivity contribution in [1.82, 2.24) is 15.7 Å². The molecule has 1 saturated carbocycles. The van der Waals surface area contributed by atoms with Crippen molar-refractivity contribution in [3.8, 4) is 6.07 Å². The molecule has 2 aliphatic heterocycles. The third-order valence-corrected chi connectivity index (χ3v) is 9.88. The van der Waals surface area contributed by atoms with E-state index in [2.05, 4.69) is 15.7 Å². The Bertz CT molecular complexity index is 1160. The fourth-order valence-electron chi connectivity index (χ4n) is 5.56. The number of para-hydroxylation sites is 1. The SMILES string of the molecule is C[C@H](CN(c1ccccc1)S(=O)(=O)CC1CCC(F)(F)CC1)N1CCC(CC(=O)NC2NOC=C2C#N)CC1. The number of hydrogen-bond donors (Lipinski definition) is 2. The Morgan fingerprint density at radius 2 is 1.87 bits per heavy atom. The van der Waals surface area contributed by atoms with Crippen molar-refractivity contribution in [2.45, 2.75) is 70.0 Å². The number of carbonyl (C=O) groups is 1. The third-order valence-electron chi connectivity index (χ3n) is 7.96. The third kappa shape index (κ3) is 7.90. The number of halogens is 2. The smallest absolute Gasteiger partial charge is 0.248 e. The van der Waals surface area contributed by atoms with Crippen LogP contribution in [0.1, 0.15) is 51.9 Å². The van der Waals surface area contributed by atoms with Gasteiger partial charge < -0.3 is 10.2 Å². The maximum absolute atomic E-state index is 13.6. The lowest BCUT2D eigenvalue weighted by molar-refractivity contribution is -0.123. The molecule has 2 heterocycles. The van der Waals surface area contributed by atoms with E-state index in [1.54, 1.807) is 24.3 Å². The average molecular weight is 566 g/mol. The van der Waals surface area contributed by atoms with Crippen LogP contribution in [0.4, 0.5) is 14.5 Å². The first kappa shape index (κ1) is 29.2. The molecule has 3 aliphatic rings. The largest absolute Gasteiger partial charge is 0.413 e. The highest BCUT2D eigenvalue weighted by atomic mass is 32.2. The number of nitrogens with one attached hydrogen (secondary N) is 2. The Balaban J connectivity index is 1.32. The number of nitrogens with zero attached hydrogens (tertiary/aromatic N) is 3. The maximum Gasteiger partial charge on any atom is 0.248 e. The summed E-state index contributed by atoms with van der Waals surface area (Å²) < 4.78 is 55.8. The van der Waals surface area contributed by atoms with Crippen molar-refractivity contribution in [3.63, 3.8) is 0 Å². The number of rotatable bonds is 10. The second kappa shape index (κ2) is 12.6. The van der Waals surface area contributed by atoms with Gasteiger partial charge in [0.2, 0.25) is 21.9 Å². The van der Waals surface area contributed by atoms with Crippen molar-refractivity contribution in [2.75, 3.05) is 29.7 Å². The van der Waals surface area contributed by atoms with E-state index >= 15 is 0 Å². The molecular weight excluding hydrogens is 528 g/mol. The molecule has 1 amide bonds. The van der Waals surface area contributed by atoms with Crippen molar-refractivity contribution in [3.05, 3.63) is 42.2 Å². The first-order chi connectivity index (χ1) is 18.6. The lowest BCUT2D eigenvalue weighted by Gasteiger charge is -2.39. The van der Waals surface area contributed by atoms with Crippen LogP contribution in [0.2, 0.25) is 0 Å². The van der Waals surface area contributed by atoms with Gasteiger partial charge in [-0.3, -0.25) is 14.0 Å². The van der Waals surface area contributed by atoms with Gasteiger partial charge in [-0.25, -0.2) is 17.2 Å². The van der Waals surface area contributed by atoms with Crippen LogP contribution in [-0.2, 0) is 19.7 Å². The number of benzene rings is 1. The topological polar surface area (TPSA) is 115 Å². The van der Waals surface area contributed by atoms with Crippen LogP contribution in [0, 0.1) is 23.2 Å². The van der Waals surface area contributed by atoms with Crippen LogP contribution < -0.4 is 15.1 Å². The molecule has 214 valence electrons. The van der Waals surface area contributed by atoms with Gasteiger partial charge in [-0.2, -0.15) is 5.26 Å². The molecule has 12 heteroatoms. The van der Waals surface area contributed by atoms with Crippen molar-refractivity contribution in [1.29, 1.82) is 5.26 Å². The summed E-state index contributed by atoms with van der Waals surface area (Å²) in [5.74, 6) is -3.08. The molecule has 4 rings (SSSR count). The highest BCUT2D eigenvalue weighted by Crippen LogP contribution is 2.37. The summed E-state index contributed by atoms with van der Waals surface area (Å²) in [4.78, 5) is 19.6. The van der Waals surface area contributed by atoms with E-state index in [9.17, 15) is 22.0 Å². The van der Waals surface area contributed by atoms with Crippen LogP contribution in [-0.4, -0.2) is 62.7 Å². The highest BCUT2D eigenvalue weighted by Gasteiger charge is 2.38. The number of sulfonamides is 1. The van der Waals surface area contributed by atoms with E-state index in [1.165, 1.54) is 10.6 Å². The zero-order valence-electron chi connectivity index (χ0n) is 22.2. The van der Waals surface area contributed by atoms with E-state index in [0.29, 0.717) is 17.7 Å². The quantitative estimate of drug-likeness (QED) is 0.446. The molecule has 39 heavy (non-hydrogen) atoms. The molecule has 9 nitrogen and oxygen atoms in total. The standard InChI is InChI=1S/C27H37F2N5O4S/c1-20(33-13-9-21(10-14-33)15-25(35)31-26-23(16-30)18-38-32-26)17-34(24-5-3-2-4-6-24)39(36,37)19-22-7-11-27(28,29)12-8-22/h2-6,18,20-22,26,32H,7-15,17,19H2,1H3,(H,31,35)/t20-,26?/m1/s1. The summed E-state index contributed by atoms with van der Waals surface area (Å²) in [6.45, 7) is 3.72. The van der Waals surface area contributed by atoms with Crippen LogP contribution in [0.3, 0.4) is 0 Å². The first-order valence-electron chi connectivity index (χ1n) is 13.5. The first-order valence-corrected chi connectivity index (χ1v) is 15.2. The number of nitriles is 1. The number of likely N-dealkylation sites (tertiary alicyclic amines) is 1. The fourth-order valence-corrected chi connectivity index (χ4v) is 7.55. The monoisotopic (exact) mass is 565 g/mol. The number of amides is 1. The average Bonchev–Trinajstić information content (AvgIpc) is 3.36. The van der Waals surface area contributed by atoms with E-state index < -0.39 is 22.1 Å². The van der Waals surface area contributed by atoms with Gasteiger partial charge in [-0.1, -0.05) is 18.2 Å². The zero-order valence-corrected chi connectivity index (χ0v) is 23.0. The minimum absolute atomic E-state index is 0.0754. The summed E-state index contributed by atoms with van der Waals surface area (Å²) in [6, 6.07) is 10.9. The predicted molar refractivity (Wildman–Crippen MR) is 143 cm³/mol. The minimum Gasteiger partial charge on any atom is -0.413 e. The van der Waals surface area contributed by atoms with Crippen molar-refractivity contribution >= 4 is 21.6 Å². The highest BCUT2D eigenvalue weighted by molar-refractivity contribution is 7.92. The van der Waals surface area contributed by atoms with Gasteiger partial charge in [-0.15, -0.1) is 5.48 Å². The number of hydroxylamine groups is 1. The molecular formula is C27H37F2N5O4S. The van der Waals surface area contributed by atoms with E-state index in [-0.39, 0.29) is 61.8 Å². The molecule has 2 fully saturated rings. The van der Waals surface area contributed by atoms with Crippen LogP contribution in [0.5, 0.6) is 0 Å². The van der Waals surface area contributed by atoms with Crippen molar-refractivity contribution < 1.29 is 26.8 Å². The van der Waals surface area contributed by atoms with Gasteiger partial charge in [0.1, 0.15) is 17.9 Å². The Morgan fingerprint density at radius 1 is 1.21 bits per heavy atom. The molecule has 2 atom stereocenters. The Hall–Kier alpha value is -2.75.